The van der Waals surface area contributed by atoms with Crippen LogP contribution in [0.1, 0.15) is 0 Å². The minimum atomic E-state index is -2.33. The first kappa shape index (κ1) is 60.2. The van der Waals surface area contributed by atoms with Crippen LogP contribution in [0.25, 0.3) is 0 Å². The minimum Gasteiger partial charge on any atom is -0.652 e. The molecule has 0 spiro atoms. The van der Waals surface area contributed by atoms with E-state index >= 15 is 0 Å². The Hall–Kier alpha value is -1.30. The minimum absolute atomic E-state index is 0. The van der Waals surface area contributed by atoms with E-state index in [2.05, 4.69) is 0 Å². The van der Waals surface area contributed by atoms with Crippen molar-refractivity contribution in [3.05, 3.63) is 0 Å². The van der Waals surface area contributed by atoms with Crippen molar-refractivity contribution in [2.45, 2.75) is 0 Å². The Bertz CT molecular complexity index is 172. The fraction of sp³-hybridized carbons (Fsp3) is 0. The number of carbonyl (C=O) groups is 4. The van der Waals surface area contributed by atoms with Gasteiger partial charge in [-0.2, -0.15) is 0 Å². The van der Waals surface area contributed by atoms with Crippen LogP contribution in [0.5, 0.6) is 0 Å². The fourth-order valence-electron chi connectivity index (χ4n) is 0. The Balaban J connectivity index is -0.0000000121. The summed E-state index contributed by atoms with van der Waals surface area (Å²) in [5, 5.41) is 66.7. The van der Waals surface area contributed by atoms with Crippen LogP contribution in [0.15, 0.2) is 0 Å². The Morgan fingerprint density at radius 3 is 0.429 bits per heavy atom. The number of carboxylic acid groups (broad SMARTS) is 8. The Labute approximate surface area is 153 Å². The molecule has 0 aliphatic carbocycles. The van der Waals surface area contributed by atoms with Gasteiger partial charge in [-0.05, 0) is 24.6 Å². The van der Waals surface area contributed by atoms with Crippen LogP contribution in [0.4, 0.5) is 19.2 Å². The summed E-state index contributed by atoms with van der Waals surface area (Å²) in [5.74, 6) is 0. The summed E-state index contributed by atoms with van der Waals surface area (Å²) < 4.78 is 0. The molecule has 0 unspecified atom stereocenters. The average molecular weight is 384 g/mol. The molecule has 0 bridgehead atoms. The SMILES string of the molecule is O.O=C([O-])[O-].O=C([O-])[O-].O=C([O-])[O-].O=C([O-])[O-].[NH4+].[NH4+].[Sc+3].[Sc+3]. The van der Waals surface area contributed by atoms with Crippen molar-refractivity contribution in [3.63, 3.8) is 0 Å². The van der Waals surface area contributed by atoms with Gasteiger partial charge >= 0.3 is 51.7 Å². The van der Waals surface area contributed by atoms with Gasteiger partial charge in [0, 0.05) is 0 Å². The largest absolute Gasteiger partial charge is 3.00 e. The first-order valence-corrected chi connectivity index (χ1v) is 2.45. The van der Waals surface area contributed by atoms with Crippen LogP contribution in [-0.2, 0) is 51.7 Å². The van der Waals surface area contributed by atoms with E-state index < -0.39 is 24.6 Å². The second kappa shape index (κ2) is 51.2. The summed E-state index contributed by atoms with van der Waals surface area (Å²) in [6.45, 7) is 0. The third-order valence-electron chi connectivity index (χ3n) is 0. The molecule has 15 nitrogen and oxygen atoms in total. The number of quaternary nitrogens is 2. The summed E-state index contributed by atoms with van der Waals surface area (Å²) >= 11 is 0. The van der Waals surface area contributed by atoms with Crippen LogP contribution < -0.4 is 53.2 Å². The van der Waals surface area contributed by atoms with E-state index in [0.717, 1.165) is 0 Å². The van der Waals surface area contributed by atoms with E-state index in [0.29, 0.717) is 0 Å². The van der Waals surface area contributed by atoms with Crippen LogP contribution in [0, 0.1) is 0 Å². The molecule has 0 aromatic heterocycles. The summed E-state index contributed by atoms with van der Waals surface area (Å²) in [6.07, 6.45) is -9.33. The molecular weight excluding hydrogens is 374 g/mol. The van der Waals surface area contributed by atoms with Gasteiger partial charge in [-0.3, -0.25) is 0 Å². The van der Waals surface area contributed by atoms with E-state index in [1.54, 1.807) is 0 Å². The monoisotopic (exact) mass is 384 g/mol. The van der Waals surface area contributed by atoms with E-state index in [1.807, 2.05) is 0 Å². The second-order valence-corrected chi connectivity index (χ2v) is 1.00. The summed E-state index contributed by atoms with van der Waals surface area (Å²) in [7, 11) is 0. The number of hydrogen-bond donors (Lipinski definition) is 2. The summed E-state index contributed by atoms with van der Waals surface area (Å²) in [4.78, 5) is 33.3. The Morgan fingerprint density at radius 1 is 0.429 bits per heavy atom. The molecule has 0 aromatic rings. The van der Waals surface area contributed by atoms with Crippen molar-refractivity contribution in [2.24, 2.45) is 0 Å². The predicted octanol–water partition coefficient (Wildman–Crippen LogP) is -9.87. The maximum Gasteiger partial charge on any atom is 3.00 e. The van der Waals surface area contributed by atoms with Crippen molar-refractivity contribution in [1.29, 1.82) is 0 Å². The van der Waals surface area contributed by atoms with Crippen molar-refractivity contribution >= 4 is 24.6 Å². The van der Waals surface area contributed by atoms with Crippen LogP contribution in [0.3, 0.4) is 0 Å². The van der Waals surface area contributed by atoms with E-state index in [1.165, 1.54) is 0 Å². The predicted molar refractivity (Wildman–Crippen MR) is 37.2 cm³/mol. The first-order valence-electron chi connectivity index (χ1n) is 2.45. The van der Waals surface area contributed by atoms with Gasteiger partial charge in [0.1, 0.15) is 0 Å². The molecule has 0 aliphatic heterocycles. The molecule has 0 rings (SSSR count). The molecular formula is C4H10N2O13Sc2. The Kier molecular flexibility index (Phi) is 147. The van der Waals surface area contributed by atoms with Gasteiger partial charge in [0.15, 0.2) is 0 Å². The van der Waals surface area contributed by atoms with Crippen molar-refractivity contribution in [2.75, 3.05) is 0 Å². The maximum absolute atomic E-state index is 8.33. The maximum atomic E-state index is 8.33. The first-order chi connectivity index (χ1) is 6.93. The van der Waals surface area contributed by atoms with Gasteiger partial charge in [0.2, 0.25) is 0 Å². The fourth-order valence-corrected chi connectivity index (χ4v) is 0. The zero-order valence-electron chi connectivity index (χ0n) is 10.6. The topological polar surface area (TPSA) is 357 Å². The van der Waals surface area contributed by atoms with Gasteiger partial charge in [-0.15, -0.1) is 0 Å². The number of rotatable bonds is 0. The molecule has 17 heteroatoms. The molecule has 21 heavy (non-hydrogen) atoms. The van der Waals surface area contributed by atoms with Gasteiger partial charge < -0.3 is 77.8 Å². The van der Waals surface area contributed by atoms with Crippen molar-refractivity contribution < 1.29 is 117 Å². The van der Waals surface area contributed by atoms with E-state index in [4.69, 9.17) is 60.0 Å². The molecule has 0 saturated carbocycles. The molecule has 120 valence electrons. The smallest absolute Gasteiger partial charge is 0.652 e. The van der Waals surface area contributed by atoms with Crippen LogP contribution in [-0.4, -0.2) is 30.1 Å². The van der Waals surface area contributed by atoms with Crippen molar-refractivity contribution in [3.8, 4) is 0 Å². The number of hydrogen-bond acceptors (Lipinski definition) is 12. The standard InChI is InChI=1S/4CH2O3.2H3N.H2O.2Sc/c4*2-1(3)4;;;;;/h4*(H2,2,3,4);2*1H3;1H2;;/q;;;;;;;2*+3/p-6. The summed E-state index contributed by atoms with van der Waals surface area (Å²) in [6, 6.07) is 0. The molecule has 10 N–H and O–H groups in total. The van der Waals surface area contributed by atoms with Gasteiger partial charge in [-0.25, -0.2) is 0 Å². The third kappa shape index (κ3) is 3090. The average Bonchev–Trinajstić information content (AvgIpc) is 1.76. The van der Waals surface area contributed by atoms with E-state index in [-0.39, 0.29) is 69.5 Å². The normalized spacial score (nSPS) is 4.57. The van der Waals surface area contributed by atoms with Gasteiger partial charge in [0.25, 0.3) is 0 Å². The Morgan fingerprint density at radius 2 is 0.429 bits per heavy atom. The third-order valence-corrected chi connectivity index (χ3v) is 0. The van der Waals surface area contributed by atoms with Crippen molar-refractivity contribution in [1.82, 2.24) is 12.3 Å². The van der Waals surface area contributed by atoms with Gasteiger partial charge in [-0.1, -0.05) is 0 Å². The summed E-state index contributed by atoms with van der Waals surface area (Å²) in [5.41, 5.74) is 0. The number of carbonyl (C=O) groups excluding carboxylic acids is 4. The molecule has 0 heterocycles. The second-order valence-electron chi connectivity index (χ2n) is 1.00. The molecule has 0 aromatic carbocycles. The van der Waals surface area contributed by atoms with Crippen LogP contribution >= 0.6 is 0 Å². The molecule has 0 saturated heterocycles. The van der Waals surface area contributed by atoms with Gasteiger partial charge in [0.05, 0.1) is 0 Å². The molecule has 0 aliphatic rings. The quantitative estimate of drug-likeness (QED) is 0.393. The molecule has 0 fully saturated rings. The zero-order chi connectivity index (χ0) is 14.3. The van der Waals surface area contributed by atoms with Crippen LogP contribution in [0.2, 0.25) is 0 Å². The molecule has 0 radical (unpaired) electrons. The van der Waals surface area contributed by atoms with E-state index in [9.17, 15) is 0 Å². The molecule has 0 atom stereocenters. The molecule has 0 amide bonds. The zero-order valence-corrected chi connectivity index (χ0v) is 14.2.